The van der Waals surface area contributed by atoms with Crippen LogP contribution in [0.3, 0.4) is 0 Å². The fourth-order valence-corrected chi connectivity index (χ4v) is 1.26. The van der Waals surface area contributed by atoms with E-state index in [0.717, 1.165) is 16.9 Å². The van der Waals surface area contributed by atoms with Crippen LogP contribution in [0.25, 0.3) is 16.9 Å². The lowest BCUT2D eigenvalue weighted by Crippen LogP contribution is -1.88. The molecule has 5 nitrogen and oxygen atoms in total. The van der Waals surface area contributed by atoms with Crippen LogP contribution in [0, 0.1) is 0 Å². The number of rotatable bonds is 0. The fraction of sp³-hybridized carbons (Fsp3) is 0. The fourth-order valence-electron chi connectivity index (χ4n) is 1.26. The Morgan fingerprint density at radius 1 is 1.25 bits per heavy atom. The molecule has 0 unspecified atom stereocenters. The van der Waals surface area contributed by atoms with Crippen LogP contribution in [0.2, 0.25) is 0 Å². The number of imidazole rings is 2. The third kappa shape index (κ3) is 0.554. The number of nitrogens with one attached hydrogen (secondary N) is 1. The quantitative estimate of drug-likeness (QED) is 0.522. The van der Waals surface area contributed by atoms with Crippen molar-refractivity contribution in [3.63, 3.8) is 0 Å². The third-order valence-corrected chi connectivity index (χ3v) is 1.81. The predicted octanol–water partition coefficient (Wildman–Crippen LogP) is 0.606. The summed E-state index contributed by atoms with van der Waals surface area (Å²) in [7, 11) is 0. The molecule has 0 aliphatic heterocycles. The molecule has 3 rings (SSSR count). The summed E-state index contributed by atoms with van der Waals surface area (Å²) >= 11 is 0. The van der Waals surface area contributed by atoms with Gasteiger partial charge in [-0.1, -0.05) is 0 Å². The maximum atomic E-state index is 4.14. The van der Waals surface area contributed by atoms with Gasteiger partial charge in [0.05, 0.1) is 12.5 Å². The highest BCUT2D eigenvalue weighted by Gasteiger charge is 2.01. The first kappa shape index (κ1) is 5.70. The van der Waals surface area contributed by atoms with Crippen molar-refractivity contribution in [2.45, 2.75) is 0 Å². The van der Waals surface area contributed by atoms with Crippen LogP contribution in [-0.4, -0.2) is 24.3 Å². The normalized spacial score (nSPS) is 11.3. The molecule has 58 valence electrons. The van der Waals surface area contributed by atoms with Crippen LogP contribution in [-0.2, 0) is 0 Å². The van der Waals surface area contributed by atoms with Crippen molar-refractivity contribution in [1.29, 1.82) is 0 Å². The predicted molar refractivity (Wildman–Crippen MR) is 42.6 cm³/mol. The van der Waals surface area contributed by atoms with Crippen molar-refractivity contribution in [3.05, 3.63) is 24.9 Å². The van der Waals surface area contributed by atoms with E-state index in [-0.39, 0.29) is 0 Å². The average Bonchev–Trinajstić information content (AvgIpc) is 2.71. The molecule has 0 bridgehead atoms. The first-order chi connectivity index (χ1) is 5.95. The number of nitrogens with zero attached hydrogens (tertiary/aromatic N) is 4. The zero-order chi connectivity index (χ0) is 7.97. The Hall–Kier alpha value is -1.91. The monoisotopic (exact) mass is 159 g/mol. The first-order valence-corrected chi connectivity index (χ1v) is 3.56. The third-order valence-electron chi connectivity index (χ3n) is 1.81. The highest BCUT2D eigenvalue weighted by atomic mass is 15.1. The average molecular weight is 159 g/mol. The smallest absolute Gasteiger partial charge is 0.183 e. The van der Waals surface area contributed by atoms with E-state index >= 15 is 0 Å². The van der Waals surface area contributed by atoms with Crippen LogP contribution in [0.15, 0.2) is 24.9 Å². The highest BCUT2D eigenvalue weighted by Crippen LogP contribution is 2.07. The number of fused-ring (bicyclic) bond motifs is 3. The number of hydrogen-bond acceptors (Lipinski definition) is 3. The van der Waals surface area contributed by atoms with E-state index in [2.05, 4.69) is 19.9 Å². The van der Waals surface area contributed by atoms with Crippen molar-refractivity contribution < 1.29 is 0 Å². The molecule has 0 saturated heterocycles. The maximum absolute atomic E-state index is 4.14. The highest BCUT2D eigenvalue weighted by molar-refractivity contribution is 5.68. The molecule has 0 atom stereocenters. The minimum Gasteiger partial charge on any atom is -0.328 e. The van der Waals surface area contributed by atoms with Crippen molar-refractivity contribution in [2.24, 2.45) is 0 Å². The first-order valence-electron chi connectivity index (χ1n) is 3.56. The molecule has 3 heterocycles. The van der Waals surface area contributed by atoms with Gasteiger partial charge in [0.25, 0.3) is 0 Å². The molecule has 0 saturated carbocycles. The number of H-pyrrole nitrogens is 1. The molecule has 0 radical (unpaired) electrons. The molecular formula is C7H5N5. The van der Waals surface area contributed by atoms with Crippen molar-refractivity contribution in [2.75, 3.05) is 0 Å². The van der Waals surface area contributed by atoms with E-state index in [0.29, 0.717) is 0 Å². The summed E-state index contributed by atoms with van der Waals surface area (Å²) in [5.41, 5.74) is 2.40. The van der Waals surface area contributed by atoms with Crippen LogP contribution in [0.1, 0.15) is 0 Å². The van der Waals surface area contributed by atoms with Gasteiger partial charge < -0.3 is 4.98 Å². The summed E-state index contributed by atoms with van der Waals surface area (Å²) in [6.45, 7) is 0. The summed E-state index contributed by atoms with van der Waals surface area (Å²) in [6, 6.07) is 0. The van der Waals surface area contributed by atoms with Crippen LogP contribution >= 0.6 is 0 Å². The van der Waals surface area contributed by atoms with Gasteiger partial charge in [-0.3, -0.25) is 4.40 Å². The standard InChI is InChI=1S/C7H5N5/c1-2-12-5(8-1)3-9-6-7(12)11-4-10-6/h1-4H,(H,10,11). The summed E-state index contributed by atoms with van der Waals surface area (Å²) in [4.78, 5) is 15.3. The molecule has 3 aromatic heterocycles. The molecule has 5 heteroatoms. The Morgan fingerprint density at radius 2 is 2.25 bits per heavy atom. The van der Waals surface area contributed by atoms with E-state index in [1.54, 1.807) is 18.7 Å². The summed E-state index contributed by atoms with van der Waals surface area (Å²) < 4.78 is 1.89. The minimum absolute atomic E-state index is 0.778. The van der Waals surface area contributed by atoms with Gasteiger partial charge in [-0.2, -0.15) is 0 Å². The van der Waals surface area contributed by atoms with E-state index in [1.807, 2.05) is 10.6 Å². The second-order valence-electron chi connectivity index (χ2n) is 2.49. The summed E-state index contributed by atoms with van der Waals surface area (Å²) in [5, 5.41) is 0. The molecule has 3 aromatic rings. The Bertz CT molecular complexity index is 485. The zero-order valence-electron chi connectivity index (χ0n) is 6.10. The van der Waals surface area contributed by atoms with E-state index in [4.69, 9.17) is 0 Å². The molecule has 0 spiro atoms. The minimum atomic E-state index is 0.778. The number of hydrogen-bond donors (Lipinski definition) is 1. The molecule has 12 heavy (non-hydrogen) atoms. The van der Waals surface area contributed by atoms with Crippen molar-refractivity contribution >= 4 is 16.9 Å². The lowest BCUT2D eigenvalue weighted by atomic mass is 10.6. The van der Waals surface area contributed by atoms with Crippen LogP contribution < -0.4 is 0 Å². The SMILES string of the molecule is c1cn2c(cnc3[nH]cnc32)n1. The molecule has 0 fully saturated rings. The summed E-state index contributed by atoms with van der Waals surface area (Å²) in [6.07, 6.45) is 6.92. The van der Waals surface area contributed by atoms with Gasteiger partial charge in [-0.15, -0.1) is 0 Å². The Balaban J connectivity index is 2.71. The second kappa shape index (κ2) is 1.82. The molecular weight excluding hydrogens is 154 g/mol. The molecule has 0 aliphatic carbocycles. The lowest BCUT2D eigenvalue weighted by molar-refractivity contribution is 1.18. The molecule has 0 aromatic carbocycles. The van der Waals surface area contributed by atoms with Crippen LogP contribution in [0.5, 0.6) is 0 Å². The van der Waals surface area contributed by atoms with Crippen LogP contribution in [0.4, 0.5) is 0 Å². The molecule has 0 amide bonds. The van der Waals surface area contributed by atoms with Gasteiger partial charge >= 0.3 is 0 Å². The van der Waals surface area contributed by atoms with Crippen molar-refractivity contribution in [3.8, 4) is 0 Å². The maximum Gasteiger partial charge on any atom is 0.183 e. The van der Waals surface area contributed by atoms with Gasteiger partial charge in [-0.05, 0) is 0 Å². The van der Waals surface area contributed by atoms with Gasteiger partial charge in [-0.25, -0.2) is 15.0 Å². The topological polar surface area (TPSA) is 58.9 Å². The largest absolute Gasteiger partial charge is 0.328 e. The van der Waals surface area contributed by atoms with Crippen molar-refractivity contribution in [1.82, 2.24) is 24.3 Å². The van der Waals surface area contributed by atoms with Gasteiger partial charge in [0.2, 0.25) is 0 Å². The van der Waals surface area contributed by atoms with Gasteiger partial charge in [0.1, 0.15) is 0 Å². The lowest BCUT2D eigenvalue weighted by Gasteiger charge is -1.91. The van der Waals surface area contributed by atoms with E-state index in [9.17, 15) is 0 Å². The van der Waals surface area contributed by atoms with Gasteiger partial charge in [0.15, 0.2) is 16.9 Å². The Labute approximate surface area is 67.1 Å². The van der Waals surface area contributed by atoms with Gasteiger partial charge in [0, 0.05) is 12.4 Å². The number of aromatic nitrogens is 5. The number of aromatic amines is 1. The van der Waals surface area contributed by atoms with E-state index in [1.165, 1.54) is 0 Å². The summed E-state index contributed by atoms with van der Waals surface area (Å²) in [5.74, 6) is 0. The molecule has 0 aliphatic rings. The Morgan fingerprint density at radius 3 is 3.25 bits per heavy atom. The zero-order valence-corrected chi connectivity index (χ0v) is 6.10. The Kier molecular flexibility index (Phi) is 0.864. The molecule has 1 N–H and O–H groups in total. The van der Waals surface area contributed by atoms with E-state index < -0.39 is 0 Å². The second-order valence-corrected chi connectivity index (χ2v) is 2.49.